The Balaban J connectivity index is 1.35. The first-order valence-electron chi connectivity index (χ1n) is 10.9. The Kier molecular flexibility index (Phi) is 7.36. The zero-order chi connectivity index (χ0) is 18.2. The molecule has 0 bridgehead atoms. The lowest BCUT2D eigenvalue weighted by atomic mass is 9.74. The first-order chi connectivity index (χ1) is 12.8. The van der Waals surface area contributed by atoms with Crippen molar-refractivity contribution in [3.8, 4) is 6.07 Å². The lowest BCUT2D eigenvalue weighted by Gasteiger charge is -2.31. The highest BCUT2D eigenvalue weighted by Gasteiger charge is 2.24. The van der Waals surface area contributed by atoms with Crippen molar-refractivity contribution in [3.63, 3.8) is 0 Å². The SMILES string of the molecule is CCc1ccc([C@H]2CC[C@H](CC[C@H]3CC[C@H](C=CC#N)CC3)CC2)cc1. The number of benzene rings is 1. The summed E-state index contributed by atoms with van der Waals surface area (Å²) in [6.45, 7) is 2.23. The molecule has 2 saturated carbocycles. The predicted molar refractivity (Wildman–Crippen MR) is 110 cm³/mol. The van der Waals surface area contributed by atoms with Gasteiger partial charge in [-0.3, -0.25) is 0 Å². The van der Waals surface area contributed by atoms with E-state index in [0.29, 0.717) is 5.92 Å². The second kappa shape index (κ2) is 9.96. The number of nitriles is 1. The standard InChI is InChI=1S/C25H35N/c1-2-20-11-15-24(16-12-20)25-17-13-23(14-18-25)10-9-22-7-5-21(6-8-22)4-3-19-26/h3-4,11-12,15-16,21-23,25H,2,5-10,13-14,17-18H2,1H3/t21-,22-,23-,25-. The van der Waals surface area contributed by atoms with E-state index in [-0.39, 0.29) is 0 Å². The molecule has 0 heterocycles. The van der Waals surface area contributed by atoms with E-state index in [2.05, 4.69) is 43.3 Å². The van der Waals surface area contributed by atoms with Gasteiger partial charge >= 0.3 is 0 Å². The number of nitrogens with zero attached hydrogens (tertiary/aromatic N) is 1. The third kappa shape index (κ3) is 5.47. The molecule has 0 atom stereocenters. The molecular weight excluding hydrogens is 314 g/mol. The summed E-state index contributed by atoms with van der Waals surface area (Å²) in [6.07, 6.45) is 18.8. The van der Waals surface area contributed by atoms with Crippen molar-refractivity contribution in [2.24, 2.45) is 17.8 Å². The van der Waals surface area contributed by atoms with Crippen molar-refractivity contribution in [2.45, 2.75) is 83.5 Å². The molecule has 0 aliphatic heterocycles. The van der Waals surface area contributed by atoms with Crippen LogP contribution >= 0.6 is 0 Å². The molecule has 2 aliphatic carbocycles. The third-order valence-corrected chi connectivity index (χ3v) is 7.02. The van der Waals surface area contributed by atoms with Crippen LogP contribution < -0.4 is 0 Å². The van der Waals surface area contributed by atoms with Gasteiger partial charge in [-0.15, -0.1) is 0 Å². The van der Waals surface area contributed by atoms with Crippen LogP contribution in [0, 0.1) is 29.1 Å². The molecule has 1 heteroatoms. The second-order valence-electron chi connectivity index (χ2n) is 8.66. The summed E-state index contributed by atoms with van der Waals surface area (Å²) in [5.74, 6) is 3.39. The van der Waals surface area contributed by atoms with Crippen molar-refractivity contribution in [3.05, 3.63) is 47.5 Å². The van der Waals surface area contributed by atoms with Crippen LogP contribution in [-0.4, -0.2) is 0 Å². The van der Waals surface area contributed by atoms with Gasteiger partial charge in [0, 0.05) is 6.08 Å². The molecule has 140 valence electrons. The maximum absolute atomic E-state index is 8.66. The summed E-state index contributed by atoms with van der Waals surface area (Å²) < 4.78 is 0. The van der Waals surface area contributed by atoms with Gasteiger partial charge < -0.3 is 0 Å². The molecule has 1 aromatic carbocycles. The molecular formula is C25H35N. The topological polar surface area (TPSA) is 23.8 Å². The smallest absolute Gasteiger partial charge is 0.0908 e. The van der Waals surface area contributed by atoms with Gasteiger partial charge in [0.1, 0.15) is 0 Å². The van der Waals surface area contributed by atoms with E-state index in [1.165, 1.54) is 69.8 Å². The highest BCUT2D eigenvalue weighted by Crippen LogP contribution is 2.39. The van der Waals surface area contributed by atoms with Gasteiger partial charge in [-0.25, -0.2) is 0 Å². The summed E-state index contributed by atoms with van der Waals surface area (Å²) in [5, 5.41) is 8.66. The molecule has 3 rings (SSSR count). The highest BCUT2D eigenvalue weighted by molar-refractivity contribution is 5.25. The van der Waals surface area contributed by atoms with Crippen LogP contribution in [0.4, 0.5) is 0 Å². The monoisotopic (exact) mass is 349 g/mol. The van der Waals surface area contributed by atoms with Crippen molar-refractivity contribution >= 4 is 0 Å². The van der Waals surface area contributed by atoms with Gasteiger partial charge in [-0.2, -0.15) is 5.26 Å². The Hall–Kier alpha value is -1.55. The van der Waals surface area contributed by atoms with Crippen molar-refractivity contribution in [1.82, 2.24) is 0 Å². The molecule has 0 amide bonds. The second-order valence-corrected chi connectivity index (χ2v) is 8.66. The number of rotatable bonds is 6. The molecule has 1 aromatic rings. The van der Waals surface area contributed by atoms with Crippen molar-refractivity contribution in [2.75, 3.05) is 0 Å². The number of aryl methyl sites for hydroxylation is 1. The van der Waals surface area contributed by atoms with Crippen LogP contribution in [0.25, 0.3) is 0 Å². The first kappa shape index (κ1) is 19.2. The number of hydrogen-bond acceptors (Lipinski definition) is 1. The van der Waals surface area contributed by atoms with E-state index in [4.69, 9.17) is 5.26 Å². The molecule has 2 fully saturated rings. The Bertz CT molecular complexity index is 590. The minimum atomic E-state index is 0.667. The van der Waals surface area contributed by atoms with Gasteiger partial charge in [-0.1, -0.05) is 50.1 Å². The molecule has 0 aromatic heterocycles. The summed E-state index contributed by atoms with van der Waals surface area (Å²) in [7, 11) is 0. The van der Waals surface area contributed by atoms with E-state index < -0.39 is 0 Å². The molecule has 0 N–H and O–H groups in total. The van der Waals surface area contributed by atoms with Crippen LogP contribution in [0.1, 0.15) is 88.2 Å². The Labute approximate surface area is 160 Å². The quantitative estimate of drug-likeness (QED) is 0.499. The van der Waals surface area contributed by atoms with Gasteiger partial charge in [0.15, 0.2) is 0 Å². The molecule has 0 spiro atoms. The van der Waals surface area contributed by atoms with E-state index in [9.17, 15) is 0 Å². The summed E-state index contributed by atoms with van der Waals surface area (Å²) in [6, 6.07) is 11.5. The van der Waals surface area contributed by atoms with Crippen LogP contribution in [-0.2, 0) is 6.42 Å². The average molecular weight is 350 g/mol. The summed E-state index contributed by atoms with van der Waals surface area (Å²) in [4.78, 5) is 0. The minimum absolute atomic E-state index is 0.667. The van der Waals surface area contributed by atoms with Gasteiger partial charge in [0.05, 0.1) is 6.07 Å². The number of hydrogen-bond donors (Lipinski definition) is 0. The van der Waals surface area contributed by atoms with Gasteiger partial charge in [0.2, 0.25) is 0 Å². The fourth-order valence-electron chi connectivity index (χ4n) is 5.13. The van der Waals surface area contributed by atoms with Crippen molar-refractivity contribution < 1.29 is 0 Å². The van der Waals surface area contributed by atoms with E-state index in [0.717, 1.165) is 24.2 Å². The molecule has 0 radical (unpaired) electrons. The lowest BCUT2D eigenvalue weighted by Crippen LogP contribution is -2.17. The molecule has 0 unspecified atom stereocenters. The molecule has 0 saturated heterocycles. The fraction of sp³-hybridized carbons (Fsp3) is 0.640. The number of allylic oxidation sites excluding steroid dienone is 2. The summed E-state index contributed by atoms with van der Waals surface area (Å²) in [5.41, 5.74) is 3.03. The van der Waals surface area contributed by atoms with Gasteiger partial charge in [-0.05, 0) is 92.6 Å². The van der Waals surface area contributed by atoms with Crippen LogP contribution in [0.5, 0.6) is 0 Å². The average Bonchev–Trinajstić information content (AvgIpc) is 2.72. The largest absolute Gasteiger partial charge is 0.193 e. The maximum atomic E-state index is 8.66. The zero-order valence-corrected chi connectivity index (χ0v) is 16.5. The Morgan fingerprint density at radius 2 is 1.46 bits per heavy atom. The third-order valence-electron chi connectivity index (χ3n) is 7.02. The van der Waals surface area contributed by atoms with E-state index in [1.807, 2.05) is 0 Å². The van der Waals surface area contributed by atoms with Gasteiger partial charge in [0.25, 0.3) is 0 Å². The first-order valence-corrected chi connectivity index (χ1v) is 10.9. The van der Waals surface area contributed by atoms with E-state index in [1.54, 1.807) is 11.6 Å². The zero-order valence-electron chi connectivity index (χ0n) is 16.5. The minimum Gasteiger partial charge on any atom is -0.193 e. The maximum Gasteiger partial charge on any atom is 0.0908 e. The predicted octanol–water partition coefficient (Wildman–Crippen LogP) is 7.19. The van der Waals surface area contributed by atoms with Crippen LogP contribution in [0.3, 0.4) is 0 Å². The highest BCUT2D eigenvalue weighted by atomic mass is 14.3. The lowest BCUT2D eigenvalue weighted by molar-refractivity contribution is 0.246. The molecule has 26 heavy (non-hydrogen) atoms. The van der Waals surface area contributed by atoms with Crippen molar-refractivity contribution in [1.29, 1.82) is 5.26 Å². The normalized spacial score (nSPS) is 29.5. The molecule has 2 aliphatic rings. The van der Waals surface area contributed by atoms with Crippen LogP contribution in [0.15, 0.2) is 36.4 Å². The van der Waals surface area contributed by atoms with E-state index >= 15 is 0 Å². The fourth-order valence-corrected chi connectivity index (χ4v) is 5.13. The Morgan fingerprint density at radius 3 is 2.00 bits per heavy atom. The summed E-state index contributed by atoms with van der Waals surface area (Å²) >= 11 is 0. The molecule has 1 nitrogen and oxygen atoms in total. The van der Waals surface area contributed by atoms with Crippen LogP contribution in [0.2, 0.25) is 0 Å². The Morgan fingerprint density at radius 1 is 0.885 bits per heavy atom.